The van der Waals surface area contributed by atoms with Crippen LogP contribution in [0.4, 0.5) is 13.6 Å². The Morgan fingerprint density at radius 2 is 1.65 bits per heavy atom. The number of nitrogens with zero attached hydrogens (tertiary/aromatic N) is 1. The van der Waals surface area contributed by atoms with Gasteiger partial charge in [0, 0.05) is 19.4 Å². The van der Waals surface area contributed by atoms with E-state index in [0.717, 1.165) is 27.2 Å². The first-order chi connectivity index (χ1) is 16.2. The number of likely N-dealkylation sites (N-methyl/N-ethyl adjacent to an activating group) is 1. The molecular formula is C25H26F2N2O5. The second-order valence-corrected chi connectivity index (χ2v) is 8.74. The first-order valence-electron chi connectivity index (χ1n) is 11.2. The zero-order chi connectivity index (χ0) is 24.5. The van der Waals surface area contributed by atoms with Crippen molar-refractivity contribution in [3.05, 3.63) is 59.7 Å². The number of amides is 2. The van der Waals surface area contributed by atoms with Crippen LogP contribution in [0.25, 0.3) is 11.1 Å². The van der Waals surface area contributed by atoms with Crippen LogP contribution in [0.1, 0.15) is 42.7 Å². The summed E-state index contributed by atoms with van der Waals surface area (Å²) in [7, 11) is 1.27. The minimum atomic E-state index is -2.88. The van der Waals surface area contributed by atoms with Crippen LogP contribution >= 0.6 is 0 Å². The summed E-state index contributed by atoms with van der Waals surface area (Å²) in [5.74, 6) is -2.29. The molecule has 0 aliphatic heterocycles. The fraction of sp³-hybridized carbons (Fsp3) is 0.400. The number of hydrogen-bond acceptors (Lipinski definition) is 4. The summed E-state index contributed by atoms with van der Waals surface area (Å²) in [6, 6.07) is 13.9. The minimum Gasteiger partial charge on any atom is -0.479 e. The molecule has 1 saturated carbocycles. The lowest BCUT2D eigenvalue weighted by Gasteiger charge is -2.45. The lowest BCUT2D eigenvalue weighted by molar-refractivity contribution is -0.165. The Morgan fingerprint density at radius 1 is 1.09 bits per heavy atom. The summed E-state index contributed by atoms with van der Waals surface area (Å²) < 4.78 is 31.8. The highest BCUT2D eigenvalue weighted by molar-refractivity contribution is 5.91. The Balaban J connectivity index is 1.45. The van der Waals surface area contributed by atoms with Gasteiger partial charge in [0.2, 0.25) is 12.3 Å². The molecule has 2 N–H and O–H groups in total. The maximum absolute atomic E-state index is 13.2. The number of carboxylic acids is 1. The molecule has 0 heterocycles. The average molecular weight is 472 g/mol. The standard InChI is InChI=1S/C25H26F2N2O5/c1-29(25(23(31)32)11-6-12-25)22(30)20(13-21(26)27)28-24(33)34-14-19-17-9-4-2-7-15(17)16-8-3-5-10-18(16)19/h2-5,7-10,19-21H,6,11-14H2,1H3,(H,28,33)(H,31,32). The molecule has 0 spiro atoms. The predicted octanol–water partition coefficient (Wildman–Crippen LogP) is 4.01. The number of ether oxygens (including phenoxy) is 1. The number of halogens is 2. The maximum atomic E-state index is 13.2. The molecule has 2 aromatic rings. The normalized spacial score (nSPS) is 16.7. The van der Waals surface area contributed by atoms with E-state index in [1.807, 2.05) is 48.5 Å². The fourth-order valence-corrected chi connectivity index (χ4v) is 4.83. The van der Waals surface area contributed by atoms with Crippen LogP contribution in [0.5, 0.6) is 0 Å². The van der Waals surface area contributed by atoms with E-state index in [1.54, 1.807) is 0 Å². The number of carbonyl (C=O) groups is 3. The maximum Gasteiger partial charge on any atom is 0.407 e. The van der Waals surface area contributed by atoms with Gasteiger partial charge >= 0.3 is 12.1 Å². The predicted molar refractivity (Wildman–Crippen MR) is 120 cm³/mol. The summed E-state index contributed by atoms with van der Waals surface area (Å²) in [5.41, 5.74) is 2.63. The molecular weight excluding hydrogens is 446 g/mol. The van der Waals surface area contributed by atoms with Gasteiger partial charge in [-0.15, -0.1) is 0 Å². The molecule has 1 unspecified atom stereocenters. The van der Waals surface area contributed by atoms with Crippen LogP contribution in [0.15, 0.2) is 48.5 Å². The molecule has 9 heteroatoms. The number of carboxylic acid groups (broad SMARTS) is 1. The zero-order valence-electron chi connectivity index (χ0n) is 18.7. The van der Waals surface area contributed by atoms with E-state index in [2.05, 4.69) is 5.32 Å². The fourth-order valence-electron chi connectivity index (χ4n) is 4.83. The van der Waals surface area contributed by atoms with E-state index in [4.69, 9.17) is 4.74 Å². The van der Waals surface area contributed by atoms with Gasteiger partial charge < -0.3 is 20.1 Å². The van der Waals surface area contributed by atoms with Gasteiger partial charge in [0.05, 0.1) is 0 Å². The SMILES string of the molecule is CN(C(=O)C(CC(F)F)NC(=O)OCC1c2ccccc2-c2ccccc21)C1(C(=O)O)CCC1. The second kappa shape index (κ2) is 9.40. The van der Waals surface area contributed by atoms with E-state index in [-0.39, 0.29) is 25.4 Å². The Morgan fingerprint density at radius 3 is 2.12 bits per heavy atom. The van der Waals surface area contributed by atoms with Crippen LogP contribution in [0, 0.1) is 0 Å². The van der Waals surface area contributed by atoms with Gasteiger partial charge in [0.25, 0.3) is 0 Å². The largest absolute Gasteiger partial charge is 0.479 e. The van der Waals surface area contributed by atoms with Crippen LogP contribution in [0.3, 0.4) is 0 Å². The number of rotatable bonds is 8. The van der Waals surface area contributed by atoms with Crippen molar-refractivity contribution in [3.8, 4) is 11.1 Å². The van der Waals surface area contributed by atoms with Crippen molar-refractivity contribution < 1.29 is 33.0 Å². The summed E-state index contributed by atoms with van der Waals surface area (Å²) in [4.78, 5) is 38.1. The Kier molecular flexibility index (Phi) is 6.54. The Hall–Kier alpha value is -3.49. The van der Waals surface area contributed by atoms with Crippen molar-refractivity contribution in [2.45, 2.75) is 49.6 Å². The molecule has 2 aliphatic carbocycles. The smallest absolute Gasteiger partial charge is 0.407 e. The summed E-state index contributed by atoms with van der Waals surface area (Å²) >= 11 is 0. The van der Waals surface area contributed by atoms with E-state index < -0.39 is 42.4 Å². The first kappa shape index (κ1) is 23.7. The molecule has 1 atom stereocenters. The van der Waals surface area contributed by atoms with Gasteiger partial charge in [-0.3, -0.25) is 4.79 Å². The van der Waals surface area contributed by atoms with Gasteiger partial charge in [0.15, 0.2) is 0 Å². The second-order valence-electron chi connectivity index (χ2n) is 8.74. The lowest BCUT2D eigenvalue weighted by Crippen LogP contribution is -2.63. The molecule has 0 aromatic heterocycles. The highest BCUT2D eigenvalue weighted by atomic mass is 19.3. The molecule has 34 heavy (non-hydrogen) atoms. The van der Waals surface area contributed by atoms with Crippen molar-refractivity contribution in [1.29, 1.82) is 0 Å². The van der Waals surface area contributed by atoms with Gasteiger partial charge in [0.1, 0.15) is 18.2 Å². The lowest BCUT2D eigenvalue weighted by atomic mass is 9.75. The highest BCUT2D eigenvalue weighted by Crippen LogP contribution is 2.44. The number of fused-ring (bicyclic) bond motifs is 3. The van der Waals surface area contributed by atoms with Crippen molar-refractivity contribution in [1.82, 2.24) is 10.2 Å². The van der Waals surface area contributed by atoms with E-state index in [1.165, 1.54) is 7.05 Å². The number of alkyl halides is 2. The van der Waals surface area contributed by atoms with Gasteiger partial charge in [-0.2, -0.15) is 0 Å². The number of alkyl carbamates (subject to hydrolysis) is 1. The van der Waals surface area contributed by atoms with Crippen molar-refractivity contribution in [3.63, 3.8) is 0 Å². The molecule has 0 bridgehead atoms. The van der Waals surface area contributed by atoms with E-state index in [0.29, 0.717) is 6.42 Å². The van der Waals surface area contributed by atoms with E-state index in [9.17, 15) is 28.3 Å². The number of benzene rings is 2. The first-order valence-corrected chi connectivity index (χ1v) is 11.2. The number of hydrogen-bond donors (Lipinski definition) is 2. The summed E-state index contributed by atoms with van der Waals surface area (Å²) in [5, 5.41) is 11.8. The monoisotopic (exact) mass is 472 g/mol. The van der Waals surface area contributed by atoms with Crippen LogP contribution in [0.2, 0.25) is 0 Å². The number of aliphatic carboxylic acids is 1. The summed E-state index contributed by atoms with van der Waals surface area (Å²) in [6.07, 6.45) is -3.74. The molecule has 4 rings (SSSR count). The van der Waals surface area contributed by atoms with Crippen LogP contribution < -0.4 is 5.32 Å². The average Bonchev–Trinajstić information content (AvgIpc) is 3.09. The summed E-state index contributed by atoms with van der Waals surface area (Å²) in [6.45, 7) is -0.0373. The highest BCUT2D eigenvalue weighted by Gasteiger charge is 2.51. The number of nitrogens with one attached hydrogen (secondary N) is 1. The molecule has 2 amide bonds. The van der Waals surface area contributed by atoms with Gasteiger partial charge in [-0.25, -0.2) is 18.4 Å². The molecule has 7 nitrogen and oxygen atoms in total. The van der Waals surface area contributed by atoms with Crippen molar-refractivity contribution in [2.75, 3.05) is 13.7 Å². The van der Waals surface area contributed by atoms with Gasteiger partial charge in [-0.05, 0) is 41.5 Å². The molecule has 180 valence electrons. The zero-order valence-corrected chi connectivity index (χ0v) is 18.7. The van der Waals surface area contributed by atoms with Crippen molar-refractivity contribution >= 4 is 18.0 Å². The topological polar surface area (TPSA) is 95.9 Å². The van der Waals surface area contributed by atoms with Crippen molar-refractivity contribution in [2.24, 2.45) is 0 Å². The quantitative estimate of drug-likeness (QED) is 0.605. The molecule has 0 radical (unpaired) electrons. The molecule has 2 aliphatic rings. The van der Waals surface area contributed by atoms with Gasteiger partial charge in [-0.1, -0.05) is 48.5 Å². The molecule has 1 fully saturated rings. The van der Waals surface area contributed by atoms with Crippen LogP contribution in [-0.4, -0.2) is 59.6 Å². The molecule has 0 saturated heterocycles. The minimum absolute atomic E-state index is 0.0373. The molecule has 2 aromatic carbocycles. The Bertz CT molecular complexity index is 1060. The third-order valence-electron chi connectivity index (χ3n) is 6.90. The third kappa shape index (κ3) is 4.22. The van der Waals surface area contributed by atoms with E-state index >= 15 is 0 Å². The Labute approximate surface area is 195 Å². The third-order valence-corrected chi connectivity index (χ3v) is 6.90. The van der Waals surface area contributed by atoms with Crippen LogP contribution in [-0.2, 0) is 14.3 Å². The number of carbonyl (C=O) groups excluding carboxylic acids is 2.